The van der Waals surface area contributed by atoms with Gasteiger partial charge in [0, 0.05) is 0 Å². The van der Waals surface area contributed by atoms with Crippen LogP contribution in [0.25, 0.3) is 0 Å². The fraction of sp³-hybridized carbons (Fsp3) is 0.273. The van der Waals surface area contributed by atoms with Gasteiger partial charge in [-0.2, -0.15) is 17.7 Å². The van der Waals surface area contributed by atoms with E-state index in [9.17, 15) is 4.79 Å². The SMILES string of the molecule is CCCc1ccc([CH-]C(=O)O)cc1.[K+]. The van der Waals surface area contributed by atoms with Crippen molar-refractivity contribution < 1.29 is 61.3 Å². The summed E-state index contributed by atoms with van der Waals surface area (Å²) in [7, 11) is 0. The Balaban J connectivity index is 0.00000169. The molecule has 0 spiro atoms. The second-order valence-electron chi connectivity index (χ2n) is 2.97. The van der Waals surface area contributed by atoms with Gasteiger partial charge >= 0.3 is 51.4 Å². The van der Waals surface area contributed by atoms with Crippen molar-refractivity contribution in [1.82, 2.24) is 0 Å². The molecule has 0 unspecified atom stereocenters. The van der Waals surface area contributed by atoms with E-state index in [1.807, 2.05) is 24.3 Å². The minimum Gasteiger partial charge on any atom is -0.487 e. The van der Waals surface area contributed by atoms with E-state index >= 15 is 0 Å². The van der Waals surface area contributed by atoms with E-state index in [0.717, 1.165) is 18.4 Å². The fourth-order valence-corrected chi connectivity index (χ4v) is 1.21. The van der Waals surface area contributed by atoms with Crippen LogP contribution < -0.4 is 51.4 Å². The zero-order chi connectivity index (χ0) is 9.68. The Morgan fingerprint density at radius 2 is 1.93 bits per heavy atom. The number of carboxylic acids is 1. The van der Waals surface area contributed by atoms with Crippen LogP contribution in [0.2, 0.25) is 0 Å². The van der Waals surface area contributed by atoms with Crippen molar-refractivity contribution in [2.45, 2.75) is 19.8 Å². The van der Waals surface area contributed by atoms with Crippen LogP contribution in [0.1, 0.15) is 24.5 Å². The minimum absolute atomic E-state index is 0. The molecule has 1 N–H and O–H groups in total. The summed E-state index contributed by atoms with van der Waals surface area (Å²) < 4.78 is 0. The molecule has 0 bridgehead atoms. The maximum atomic E-state index is 10.3. The molecule has 14 heavy (non-hydrogen) atoms. The Labute approximate surface area is 127 Å². The molecule has 0 saturated heterocycles. The van der Waals surface area contributed by atoms with E-state index in [2.05, 4.69) is 6.92 Å². The number of benzene rings is 1. The molecule has 0 aromatic heterocycles. The summed E-state index contributed by atoms with van der Waals surface area (Å²) in [5, 5.41) is 8.48. The van der Waals surface area contributed by atoms with E-state index in [-0.39, 0.29) is 51.4 Å². The molecule has 1 aromatic rings. The summed E-state index contributed by atoms with van der Waals surface area (Å²) >= 11 is 0. The summed E-state index contributed by atoms with van der Waals surface area (Å²) in [4.78, 5) is 10.3. The Hall–Kier alpha value is 0.196. The van der Waals surface area contributed by atoms with Crippen molar-refractivity contribution in [3.63, 3.8) is 0 Å². The average Bonchev–Trinajstić information content (AvgIpc) is 2.08. The number of hydrogen-bond acceptors (Lipinski definition) is 1. The topological polar surface area (TPSA) is 37.3 Å². The normalized spacial score (nSPS) is 8.93. The first kappa shape index (κ1) is 14.2. The van der Waals surface area contributed by atoms with E-state index < -0.39 is 5.97 Å². The molecule has 70 valence electrons. The van der Waals surface area contributed by atoms with Gasteiger partial charge in [0.25, 0.3) is 5.97 Å². The quantitative estimate of drug-likeness (QED) is 0.533. The van der Waals surface area contributed by atoms with Crippen LogP contribution in [0.5, 0.6) is 0 Å². The van der Waals surface area contributed by atoms with Crippen LogP contribution in [0.3, 0.4) is 0 Å². The Morgan fingerprint density at radius 3 is 2.36 bits per heavy atom. The molecule has 0 atom stereocenters. The third-order valence-electron chi connectivity index (χ3n) is 1.81. The van der Waals surface area contributed by atoms with Gasteiger partial charge in [-0.1, -0.05) is 25.3 Å². The van der Waals surface area contributed by atoms with Crippen LogP contribution in [0.4, 0.5) is 0 Å². The molecule has 0 heterocycles. The molecule has 2 nitrogen and oxygen atoms in total. The summed E-state index contributed by atoms with van der Waals surface area (Å²) in [6, 6.07) is 7.61. The Kier molecular flexibility index (Phi) is 7.59. The number of aliphatic carboxylic acids is 1. The number of carboxylic acid groups (broad SMARTS) is 1. The molecule has 0 fully saturated rings. The van der Waals surface area contributed by atoms with Gasteiger partial charge in [0.05, 0.1) is 0 Å². The van der Waals surface area contributed by atoms with Gasteiger partial charge < -0.3 is 5.11 Å². The molecule has 0 aliphatic rings. The number of aryl methyl sites for hydroxylation is 1. The molecule has 0 amide bonds. The summed E-state index contributed by atoms with van der Waals surface area (Å²) in [5.41, 5.74) is 2.00. The van der Waals surface area contributed by atoms with E-state index in [1.54, 1.807) is 0 Å². The van der Waals surface area contributed by atoms with Gasteiger partial charge in [0.1, 0.15) is 0 Å². The molecule has 0 aliphatic heterocycles. The molecular formula is C11H13KO2. The van der Waals surface area contributed by atoms with Crippen molar-refractivity contribution in [2.75, 3.05) is 0 Å². The summed E-state index contributed by atoms with van der Waals surface area (Å²) in [5.74, 6) is -0.900. The second kappa shape index (κ2) is 7.48. The second-order valence-corrected chi connectivity index (χ2v) is 2.97. The van der Waals surface area contributed by atoms with Crippen LogP contribution in [0.15, 0.2) is 24.3 Å². The number of hydrogen-bond donors (Lipinski definition) is 1. The monoisotopic (exact) mass is 216 g/mol. The molecule has 0 aliphatic carbocycles. The van der Waals surface area contributed by atoms with Gasteiger partial charge in [-0.25, -0.2) is 0 Å². The van der Waals surface area contributed by atoms with Crippen LogP contribution in [-0.4, -0.2) is 11.1 Å². The first-order chi connectivity index (χ1) is 6.22. The van der Waals surface area contributed by atoms with Crippen molar-refractivity contribution in [3.8, 4) is 0 Å². The van der Waals surface area contributed by atoms with E-state index in [0.29, 0.717) is 0 Å². The first-order valence-corrected chi connectivity index (χ1v) is 4.39. The van der Waals surface area contributed by atoms with Gasteiger partial charge in [0.2, 0.25) is 0 Å². The molecule has 3 heteroatoms. The van der Waals surface area contributed by atoms with Crippen molar-refractivity contribution in [3.05, 3.63) is 41.8 Å². The van der Waals surface area contributed by atoms with Crippen molar-refractivity contribution in [1.29, 1.82) is 0 Å². The Bertz CT molecular complexity index is 280. The van der Waals surface area contributed by atoms with E-state index in [1.165, 1.54) is 12.0 Å². The standard InChI is InChI=1S/C11H13O2.K/c1-2-3-9-4-6-10(7-5-9)8-11(12)13;/h4-8H,2-3H2,1H3,(H,12,13);/q-1;+1. The third kappa shape index (κ3) is 5.17. The van der Waals surface area contributed by atoms with Gasteiger partial charge in [-0.15, -0.1) is 12.1 Å². The zero-order valence-corrected chi connectivity index (χ0v) is 11.8. The molecule has 1 aromatic carbocycles. The maximum Gasteiger partial charge on any atom is 1.00 e. The zero-order valence-electron chi connectivity index (χ0n) is 8.66. The minimum atomic E-state index is -0.900. The Morgan fingerprint density at radius 1 is 1.36 bits per heavy atom. The van der Waals surface area contributed by atoms with Crippen LogP contribution in [-0.2, 0) is 11.2 Å². The summed E-state index contributed by atoms with van der Waals surface area (Å²) in [6.07, 6.45) is 3.37. The van der Waals surface area contributed by atoms with E-state index in [4.69, 9.17) is 5.11 Å². The number of rotatable bonds is 4. The van der Waals surface area contributed by atoms with Crippen molar-refractivity contribution >= 4 is 5.97 Å². The fourth-order valence-electron chi connectivity index (χ4n) is 1.21. The van der Waals surface area contributed by atoms with Gasteiger partial charge in [0.15, 0.2) is 0 Å². The average molecular weight is 216 g/mol. The molecule has 1 rings (SSSR count). The van der Waals surface area contributed by atoms with Crippen LogP contribution in [0, 0.1) is 6.42 Å². The third-order valence-corrected chi connectivity index (χ3v) is 1.81. The molecule has 0 saturated carbocycles. The number of carbonyl (C=O) groups is 1. The van der Waals surface area contributed by atoms with Crippen LogP contribution >= 0.6 is 0 Å². The largest absolute Gasteiger partial charge is 1.00 e. The summed E-state index contributed by atoms with van der Waals surface area (Å²) in [6.45, 7) is 2.12. The molecule has 0 radical (unpaired) electrons. The predicted octanol–water partition coefficient (Wildman–Crippen LogP) is -0.720. The predicted molar refractivity (Wildman–Crippen MR) is 51.5 cm³/mol. The van der Waals surface area contributed by atoms with Gasteiger partial charge in [-0.05, 0) is 6.42 Å². The van der Waals surface area contributed by atoms with Crippen molar-refractivity contribution in [2.24, 2.45) is 0 Å². The first-order valence-electron chi connectivity index (χ1n) is 4.39. The molecular weight excluding hydrogens is 203 g/mol. The smallest absolute Gasteiger partial charge is 0.487 e. The van der Waals surface area contributed by atoms with Gasteiger partial charge in [-0.3, -0.25) is 4.79 Å². The maximum absolute atomic E-state index is 10.3.